The molecule has 1 aliphatic rings. The van der Waals surface area contributed by atoms with E-state index in [1.807, 2.05) is 0 Å². The summed E-state index contributed by atoms with van der Waals surface area (Å²) < 4.78 is 39.6. The van der Waals surface area contributed by atoms with Crippen LogP contribution in [0.4, 0.5) is 19.1 Å². The first-order valence-corrected chi connectivity index (χ1v) is 9.45. The van der Waals surface area contributed by atoms with Crippen LogP contribution in [0.1, 0.15) is 47.1 Å². The number of anilines is 1. The summed E-state index contributed by atoms with van der Waals surface area (Å²) in [7, 11) is 0. The fourth-order valence-electron chi connectivity index (χ4n) is 3.74. The van der Waals surface area contributed by atoms with E-state index in [9.17, 15) is 18.0 Å². The first-order valence-electron chi connectivity index (χ1n) is 9.45. The first-order chi connectivity index (χ1) is 14.3. The van der Waals surface area contributed by atoms with E-state index in [4.69, 9.17) is 5.73 Å². The molecule has 156 valence electrons. The molecule has 10 heteroatoms. The summed E-state index contributed by atoms with van der Waals surface area (Å²) in [6.07, 6.45) is 0.712. The second-order valence-electron chi connectivity index (χ2n) is 7.09. The summed E-state index contributed by atoms with van der Waals surface area (Å²) in [5.41, 5.74) is 6.56. The van der Waals surface area contributed by atoms with Crippen LogP contribution in [-0.4, -0.2) is 37.5 Å². The Morgan fingerprint density at radius 1 is 1.23 bits per heavy atom. The van der Waals surface area contributed by atoms with Crippen molar-refractivity contribution in [3.05, 3.63) is 59.7 Å². The lowest BCUT2D eigenvalue weighted by Gasteiger charge is -2.36. The summed E-state index contributed by atoms with van der Waals surface area (Å²) in [5.74, 6) is -0.246. The fraction of sp³-hybridized carbons (Fsp3) is 0.300. The third kappa shape index (κ3) is 3.85. The lowest BCUT2D eigenvalue weighted by Crippen LogP contribution is -2.39. The number of likely N-dealkylation sites (tertiary alicyclic amines) is 1. The molecule has 1 saturated heterocycles. The smallest absolute Gasteiger partial charge is 0.368 e. The Bertz CT molecular complexity index is 1050. The molecule has 1 aliphatic heterocycles. The summed E-state index contributed by atoms with van der Waals surface area (Å²) in [4.78, 5) is 23.0. The van der Waals surface area contributed by atoms with Crippen molar-refractivity contribution in [3.63, 3.8) is 0 Å². The van der Waals surface area contributed by atoms with E-state index in [1.54, 1.807) is 17.0 Å². The van der Waals surface area contributed by atoms with Gasteiger partial charge in [-0.15, -0.1) is 0 Å². The van der Waals surface area contributed by atoms with Crippen LogP contribution in [0.15, 0.2) is 42.7 Å². The zero-order chi connectivity index (χ0) is 21.3. The summed E-state index contributed by atoms with van der Waals surface area (Å²) in [6.45, 7) is 0.495. The summed E-state index contributed by atoms with van der Waals surface area (Å²) in [5, 5.41) is 6.49. The number of nitrogens with zero attached hydrogens (tertiary/aromatic N) is 4. The number of rotatable bonds is 3. The number of aromatic nitrogens is 4. The number of nitrogen functional groups attached to an aromatic ring is 1. The quantitative estimate of drug-likeness (QED) is 0.676. The van der Waals surface area contributed by atoms with Crippen molar-refractivity contribution >= 4 is 11.9 Å². The lowest BCUT2D eigenvalue weighted by atomic mass is 9.93. The second-order valence-corrected chi connectivity index (χ2v) is 7.09. The van der Waals surface area contributed by atoms with Crippen molar-refractivity contribution in [2.75, 3.05) is 12.3 Å². The van der Waals surface area contributed by atoms with Crippen molar-refractivity contribution in [3.8, 4) is 11.1 Å². The number of alkyl halides is 3. The summed E-state index contributed by atoms with van der Waals surface area (Å²) in [6, 6.07) is 6.11. The molecule has 0 spiro atoms. The third-order valence-electron chi connectivity index (χ3n) is 5.15. The van der Waals surface area contributed by atoms with E-state index in [0.717, 1.165) is 25.0 Å². The first kappa shape index (κ1) is 19.9. The molecule has 1 atom stereocenters. The normalized spacial score (nSPS) is 17.2. The number of amides is 1. The highest BCUT2D eigenvalue weighted by atomic mass is 19.4. The van der Waals surface area contributed by atoms with Crippen LogP contribution in [0, 0.1) is 0 Å². The zero-order valence-corrected chi connectivity index (χ0v) is 15.9. The topological polar surface area (TPSA) is 101 Å². The Hall–Kier alpha value is -3.43. The molecular formula is C20H19F3N6O. The van der Waals surface area contributed by atoms with E-state index in [2.05, 4.69) is 20.2 Å². The second kappa shape index (κ2) is 7.77. The lowest BCUT2D eigenvalue weighted by molar-refractivity contribution is -0.137. The van der Waals surface area contributed by atoms with Gasteiger partial charge in [0.2, 0.25) is 5.95 Å². The van der Waals surface area contributed by atoms with Gasteiger partial charge in [-0.05, 0) is 43.0 Å². The largest absolute Gasteiger partial charge is 0.416 e. The average Bonchev–Trinajstić information content (AvgIpc) is 3.27. The van der Waals surface area contributed by atoms with Gasteiger partial charge >= 0.3 is 6.18 Å². The molecule has 1 aromatic carbocycles. The molecule has 4 rings (SSSR count). The molecule has 0 saturated carbocycles. The number of aromatic amines is 1. The Morgan fingerprint density at radius 3 is 2.80 bits per heavy atom. The number of hydrogen-bond donors (Lipinski definition) is 2. The van der Waals surface area contributed by atoms with Crippen molar-refractivity contribution in [1.82, 2.24) is 25.1 Å². The number of halogens is 3. The zero-order valence-electron chi connectivity index (χ0n) is 15.9. The fourth-order valence-corrected chi connectivity index (χ4v) is 3.74. The highest BCUT2D eigenvalue weighted by molar-refractivity contribution is 5.92. The maximum Gasteiger partial charge on any atom is 0.416 e. The van der Waals surface area contributed by atoms with Gasteiger partial charge in [-0.3, -0.25) is 9.89 Å². The van der Waals surface area contributed by atoms with Crippen LogP contribution in [0.5, 0.6) is 0 Å². The van der Waals surface area contributed by atoms with E-state index in [1.165, 1.54) is 18.5 Å². The van der Waals surface area contributed by atoms with E-state index >= 15 is 0 Å². The van der Waals surface area contributed by atoms with Crippen LogP contribution in [0.2, 0.25) is 0 Å². The van der Waals surface area contributed by atoms with Gasteiger partial charge < -0.3 is 10.6 Å². The number of nitrogens with one attached hydrogen (secondary N) is 1. The molecule has 1 fully saturated rings. The van der Waals surface area contributed by atoms with Crippen molar-refractivity contribution in [1.29, 1.82) is 0 Å². The minimum absolute atomic E-state index is 0.000221. The van der Waals surface area contributed by atoms with Crippen LogP contribution in [-0.2, 0) is 6.18 Å². The van der Waals surface area contributed by atoms with E-state index in [-0.39, 0.29) is 11.9 Å². The van der Waals surface area contributed by atoms with Crippen molar-refractivity contribution in [2.24, 2.45) is 0 Å². The maximum atomic E-state index is 13.2. The number of benzene rings is 1. The highest BCUT2D eigenvalue weighted by Gasteiger charge is 2.34. The molecule has 2 aromatic heterocycles. The molecule has 30 heavy (non-hydrogen) atoms. The molecule has 7 nitrogen and oxygen atoms in total. The molecule has 0 unspecified atom stereocenters. The number of H-pyrrole nitrogens is 1. The van der Waals surface area contributed by atoms with Gasteiger partial charge in [0.15, 0.2) is 0 Å². The molecular weight excluding hydrogens is 397 g/mol. The average molecular weight is 416 g/mol. The van der Waals surface area contributed by atoms with Gasteiger partial charge in [0.05, 0.1) is 17.3 Å². The number of carbonyl (C=O) groups excluding carboxylic acids is 1. The Morgan fingerprint density at radius 2 is 2.07 bits per heavy atom. The Labute approximate surface area is 170 Å². The molecule has 0 aliphatic carbocycles. The molecule has 1 amide bonds. The van der Waals surface area contributed by atoms with Crippen LogP contribution >= 0.6 is 0 Å². The molecule has 3 heterocycles. The van der Waals surface area contributed by atoms with Crippen molar-refractivity contribution in [2.45, 2.75) is 31.5 Å². The number of hydrogen-bond acceptors (Lipinski definition) is 5. The summed E-state index contributed by atoms with van der Waals surface area (Å²) >= 11 is 0. The molecule has 3 aromatic rings. The van der Waals surface area contributed by atoms with Gasteiger partial charge in [-0.1, -0.05) is 12.1 Å². The van der Waals surface area contributed by atoms with E-state index < -0.39 is 17.8 Å². The third-order valence-corrected chi connectivity index (χ3v) is 5.15. The number of carbonyl (C=O) groups is 1. The SMILES string of the molecule is Nc1ncc(-c2cccc(C(F)(F)F)c2)c([C@H]2CCCCN2C(=O)c2ccn[nH]2)n1. The highest BCUT2D eigenvalue weighted by Crippen LogP contribution is 2.38. The Kier molecular flexibility index (Phi) is 5.15. The van der Waals surface area contributed by atoms with Gasteiger partial charge in [-0.25, -0.2) is 9.97 Å². The van der Waals surface area contributed by atoms with Crippen molar-refractivity contribution < 1.29 is 18.0 Å². The van der Waals surface area contributed by atoms with Gasteiger partial charge in [0, 0.05) is 24.5 Å². The predicted molar refractivity (Wildman–Crippen MR) is 103 cm³/mol. The standard InChI is InChI=1S/C20H19F3N6O/c21-20(22,23)13-5-3-4-12(10-13)14-11-25-19(24)27-17(14)16-6-1-2-9-29(16)18(30)15-7-8-26-28-15/h3-5,7-8,10-11,16H,1-2,6,9H2,(H,26,28)(H2,24,25,27)/t16-/m1/s1. The number of piperidine rings is 1. The van der Waals surface area contributed by atoms with Gasteiger partial charge in [-0.2, -0.15) is 18.3 Å². The minimum atomic E-state index is -4.47. The predicted octanol–water partition coefficient (Wildman–Crippen LogP) is 3.84. The Balaban J connectivity index is 1.79. The van der Waals surface area contributed by atoms with E-state index in [0.29, 0.717) is 35.5 Å². The number of nitrogens with two attached hydrogens (primary N) is 1. The maximum absolute atomic E-state index is 13.2. The minimum Gasteiger partial charge on any atom is -0.368 e. The van der Waals surface area contributed by atoms with Gasteiger partial charge in [0.1, 0.15) is 5.69 Å². The monoisotopic (exact) mass is 416 g/mol. The van der Waals surface area contributed by atoms with Crippen LogP contribution in [0.3, 0.4) is 0 Å². The van der Waals surface area contributed by atoms with Gasteiger partial charge in [0.25, 0.3) is 5.91 Å². The van der Waals surface area contributed by atoms with Crippen LogP contribution < -0.4 is 5.73 Å². The molecule has 3 N–H and O–H groups in total. The molecule has 0 bridgehead atoms. The van der Waals surface area contributed by atoms with Crippen LogP contribution in [0.25, 0.3) is 11.1 Å². The molecule has 0 radical (unpaired) electrons.